The zero-order valence-electron chi connectivity index (χ0n) is 20.5. The SMILES string of the molecule is [CH2-][P+](c1cccc(C)c1)(c1cccc(C)c1)N(CCCC)[P+]1([CH2-])[C@H](CC)CC[C@H]1CC. The molecule has 1 saturated heterocycles. The molecule has 31 heavy (non-hydrogen) atoms. The molecule has 0 spiro atoms. The molecule has 3 rings (SSSR count). The van der Waals surface area contributed by atoms with Crippen LogP contribution in [0.1, 0.15) is 70.4 Å². The Balaban J connectivity index is 2.28. The van der Waals surface area contributed by atoms with Gasteiger partial charge in [0.2, 0.25) is 0 Å². The van der Waals surface area contributed by atoms with Crippen LogP contribution in [0.3, 0.4) is 0 Å². The van der Waals surface area contributed by atoms with Crippen LogP contribution in [0.4, 0.5) is 0 Å². The summed E-state index contributed by atoms with van der Waals surface area (Å²) in [6.07, 6.45) is 7.62. The fraction of sp³-hybridized carbons (Fsp3) is 0.500. The molecule has 1 heterocycles. The minimum atomic E-state index is -2.01. The Kier molecular flexibility index (Phi) is 8.40. The van der Waals surface area contributed by atoms with Crippen molar-refractivity contribution in [2.24, 2.45) is 0 Å². The molecule has 0 aromatic heterocycles. The predicted molar refractivity (Wildman–Crippen MR) is 145 cm³/mol. The molecule has 0 radical (unpaired) electrons. The van der Waals surface area contributed by atoms with Crippen LogP contribution in [0.2, 0.25) is 0 Å². The van der Waals surface area contributed by atoms with Crippen LogP contribution in [0.15, 0.2) is 48.5 Å². The average molecular weight is 456 g/mol. The third-order valence-corrected chi connectivity index (χ3v) is 17.4. The Labute approximate surface area is 193 Å². The minimum absolute atomic E-state index is 0.741. The summed E-state index contributed by atoms with van der Waals surface area (Å²) in [6, 6.07) is 18.4. The average Bonchev–Trinajstić information content (AvgIpc) is 3.09. The summed E-state index contributed by atoms with van der Waals surface area (Å²) in [6.45, 7) is 23.1. The fourth-order valence-electron chi connectivity index (χ4n) is 5.62. The van der Waals surface area contributed by atoms with E-state index in [0.29, 0.717) is 0 Å². The molecule has 2 aromatic rings. The van der Waals surface area contributed by atoms with Gasteiger partial charge in [-0.25, -0.2) is 0 Å². The summed E-state index contributed by atoms with van der Waals surface area (Å²) < 4.78 is 2.96. The first-order valence-corrected chi connectivity index (χ1v) is 16.2. The first-order valence-electron chi connectivity index (χ1n) is 12.2. The number of aryl methyl sites for hydroxylation is 2. The van der Waals surface area contributed by atoms with Gasteiger partial charge in [0.15, 0.2) is 0 Å². The third-order valence-electron chi connectivity index (χ3n) is 7.43. The summed E-state index contributed by atoms with van der Waals surface area (Å²) in [5.74, 6) is 0. The molecule has 1 aliphatic heterocycles. The molecule has 170 valence electrons. The maximum absolute atomic E-state index is 5.21. The Morgan fingerprint density at radius 1 is 0.903 bits per heavy atom. The molecule has 1 fully saturated rings. The minimum Gasteiger partial charge on any atom is -0.159 e. The number of nitrogens with zero attached hydrogens (tertiary/aromatic N) is 1. The van der Waals surface area contributed by atoms with Gasteiger partial charge in [0.25, 0.3) is 0 Å². The highest BCUT2D eigenvalue weighted by molar-refractivity contribution is 7.97. The fourth-order valence-corrected chi connectivity index (χ4v) is 16.5. The third kappa shape index (κ3) is 4.67. The Morgan fingerprint density at radius 3 is 1.77 bits per heavy atom. The Morgan fingerprint density at radius 2 is 1.39 bits per heavy atom. The van der Waals surface area contributed by atoms with Gasteiger partial charge < -0.3 is 0 Å². The van der Waals surface area contributed by atoms with Crippen LogP contribution in [0, 0.1) is 27.2 Å². The van der Waals surface area contributed by atoms with Crippen LogP contribution in [0.5, 0.6) is 0 Å². The summed E-state index contributed by atoms with van der Waals surface area (Å²) >= 11 is 0. The van der Waals surface area contributed by atoms with Crippen LogP contribution in [-0.4, -0.2) is 22.3 Å². The maximum atomic E-state index is 5.21. The molecule has 2 aromatic carbocycles. The van der Waals surface area contributed by atoms with Gasteiger partial charge in [0, 0.05) is 0 Å². The predicted octanol–water partition coefficient (Wildman–Crippen LogP) is 8.16. The normalized spacial score (nSPS) is 21.0. The van der Waals surface area contributed by atoms with Gasteiger partial charge in [-0.05, 0) is 88.8 Å². The molecule has 3 heteroatoms. The lowest BCUT2D eigenvalue weighted by Crippen LogP contribution is -2.39. The van der Waals surface area contributed by atoms with E-state index in [0.717, 1.165) is 17.9 Å². The van der Waals surface area contributed by atoms with Crippen molar-refractivity contribution in [1.82, 2.24) is 4.44 Å². The van der Waals surface area contributed by atoms with Crippen molar-refractivity contribution in [3.05, 3.63) is 73.0 Å². The van der Waals surface area contributed by atoms with Crippen molar-refractivity contribution >= 4 is 25.4 Å². The number of hydrogen-bond donors (Lipinski definition) is 0. The van der Waals surface area contributed by atoms with E-state index < -0.39 is 14.8 Å². The molecule has 0 N–H and O–H groups in total. The molecule has 2 atom stereocenters. The van der Waals surface area contributed by atoms with Crippen molar-refractivity contribution in [2.45, 2.75) is 84.5 Å². The molecule has 0 saturated carbocycles. The lowest BCUT2D eigenvalue weighted by Gasteiger charge is -2.51. The molecular weight excluding hydrogens is 412 g/mol. The van der Waals surface area contributed by atoms with Crippen molar-refractivity contribution < 1.29 is 0 Å². The smallest absolute Gasteiger partial charge is 0.0908 e. The van der Waals surface area contributed by atoms with E-state index in [2.05, 4.69) is 87.6 Å². The second-order valence-corrected chi connectivity index (χ2v) is 16.6. The molecule has 1 aliphatic rings. The first-order chi connectivity index (χ1) is 14.8. The van der Waals surface area contributed by atoms with E-state index in [1.54, 1.807) is 0 Å². The molecular formula is C28H43NP2. The molecule has 1 nitrogen and oxygen atoms in total. The van der Waals surface area contributed by atoms with Crippen molar-refractivity contribution in [3.63, 3.8) is 0 Å². The van der Waals surface area contributed by atoms with Gasteiger partial charge in [-0.3, -0.25) is 0 Å². The second kappa shape index (κ2) is 10.5. The first kappa shape index (κ1) is 24.9. The van der Waals surface area contributed by atoms with Gasteiger partial charge in [-0.1, -0.05) is 51.5 Å². The summed E-state index contributed by atoms with van der Waals surface area (Å²) in [5, 5.41) is 2.85. The highest BCUT2D eigenvalue weighted by atomic mass is 31.2. The van der Waals surface area contributed by atoms with E-state index in [9.17, 15) is 0 Å². The van der Waals surface area contributed by atoms with Gasteiger partial charge in [-0.2, -0.15) is 6.66 Å². The number of benzene rings is 2. The Bertz CT molecular complexity index is 804. The number of unbranched alkanes of at least 4 members (excludes halogenated alkanes) is 1. The van der Waals surface area contributed by atoms with E-state index in [4.69, 9.17) is 13.3 Å². The zero-order valence-corrected chi connectivity index (χ0v) is 22.3. The van der Waals surface area contributed by atoms with E-state index >= 15 is 0 Å². The largest absolute Gasteiger partial charge is 0.159 e. The van der Waals surface area contributed by atoms with Crippen LogP contribution < -0.4 is 10.6 Å². The highest BCUT2D eigenvalue weighted by Gasteiger charge is 2.58. The van der Waals surface area contributed by atoms with E-state index in [-0.39, 0.29) is 0 Å². The standard InChI is InChI=1S/C28H43NP2/c1-8-11-20-29(30(6)25(9-2)18-19-26(30)10-3)31(7,27-16-12-14-23(4)21-27)28-17-13-15-24(5)22-28/h12-17,21-22,25-26H,6-11,18-20H2,1-5H3/t25-,26-/m1/s1. The highest BCUT2D eigenvalue weighted by Crippen LogP contribution is 2.84. The number of hydrogen-bond acceptors (Lipinski definition) is 1. The van der Waals surface area contributed by atoms with Crippen LogP contribution >= 0.6 is 14.8 Å². The van der Waals surface area contributed by atoms with E-state index in [1.165, 1.54) is 60.3 Å². The van der Waals surface area contributed by atoms with Crippen LogP contribution in [-0.2, 0) is 0 Å². The Hall–Kier alpha value is -0.740. The van der Waals surface area contributed by atoms with E-state index in [1.807, 2.05) is 0 Å². The molecule has 0 unspecified atom stereocenters. The summed E-state index contributed by atoms with van der Waals surface area (Å²) in [5.41, 5.74) is 4.14. The monoisotopic (exact) mass is 455 g/mol. The topological polar surface area (TPSA) is 3.24 Å². The van der Waals surface area contributed by atoms with Crippen molar-refractivity contribution in [2.75, 3.05) is 6.54 Å². The van der Waals surface area contributed by atoms with Gasteiger partial charge >= 0.3 is 0 Å². The quantitative estimate of drug-likeness (QED) is 0.272. The number of rotatable bonds is 9. The summed E-state index contributed by atoms with van der Waals surface area (Å²) in [4.78, 5) is 0. The second-order valence-electron chi connectivity index (χ2n) is 9.48. The zero-order chi connectivity index (χ0) is 22.6. The summed E-state index contributed by atoms with van der Waals surface area (Å²) in [7, 11) is -3.61. The molecule has 0 aliphatic carbocycles. The molecule has 0 amide bonds. The van der Waals surface area contributed by atoms with Crippen LogP contribution in [0.25, 0.3) is 0 Å². The van der Waals surface area contributed by atoms with Gasteiger partial charge in [0.05, 0.1) is 35.9 Å². The van der Waals surface area contributed by atoms with Crippen molar-refractivity contribution in [3.8, 4) is 0 Å². The molecule has 0 bridgehead atoms. The lowest BCUT2D eigenvalue weighted by molar-refractivity contribution is 0.614. The lowest BCUT2D eigenvalue weighted by atomic mass is 10.1. The van der Waals surface area contributed by atoms with Gasteiger partial charge in [-0.15, -0.1) is 11.1 Å². The maximum Gasteiger partial charge on any atom is 0.0908 e. The van der Waals surface area contributed by atoms with Crippen molar-refractivity contribution in [1.29, 1.82) is 0 Å². The van der Waals surface area contributed by atoms with Gasteiger partial charge in [0.1, 0.15) is 0 Å².